The van der Waals surface area contributed by atoms with E-state index in [4.69, 9.17) is 0 Å². The Morgan fingerprint density at radius 3 is 2.57 bits per heavy atom. The van der Waals surface area contributed by atoms with Gasteiger partial charge in [-0.25, -0.2) is 0 Å². The Balaban J connectivity index is 0.000000360. The second kappa shape index (κ2) is 3.62. The summed E-state index contributed by atoms with van der Waals surface area (Å²) in [6.45, 7) is 5.66. The average molecular weight is 170 g/mol. The first-order valence-corrected chi connectivity index (χ1v) is 1.99. The third kappa shape index (κ3) is 2.45. The predicted octanol–water partition coefficient (Wildman–Crippen LogP) is 0.713. The maximum Gasteiger partial charge on any atom is 0 e. The molecule has 0 aromatic heterocycles. The maximum atomic E-state index is 3.73. The van der Waals surface area contributed by atoms with Gasteiger partial charge in [-0.05, 0) is 6.20 Å². The normalized spacial score (nSPS) is 26.1. The molecule has 1 aliphatic rings. The van der Waals surface area contributed by atoms with Crippen molar-refractivity contribution in [2.75, 3.05) is 0 Å². The first-order valence-electron chi connectivity index (χ1n) is 1.99. The smallest absolute Gasteiger partial charge is 0 e. The number of hydrogen-bond donors (Lipinski definition) is 1. The molecule has 2 heteroatoms. The third-order valence-electron chi connectivity index (χ3n) is 0.750. The van der Waals surface area contributed by atoms with Crippen molar-refractivity contribution in [1.29, 1.82) is 0 Å². The van der Waals surface area contributed by atoms with Crippen LogP contribution >= 0.6 is 0 Å². The minimum Gasteiger partial charge on any atom is -0.543 e. The molecule has 1 atom stereocenters. The first kappa shape index (κ1) is 7.64. The van der Waals surface area contributed by atoms with E-state index in [2.05, 4.69) is 12.2 Å². The Kier molecular flexibility index (Phi) is 3.96. The molecule has 0 aliphatic carbocycles. The van der Waals surface area contributed by atoms with E-state index in [1.54, 1.807) is 0 Å². The van der Waals surface area contributed by atoms with Gasteiger partial charge in [0.15, 0.2) is 0 Å². The molecule has 1 nitrogen and oxygen atoms in total. The monoisotopic (exact) mass is 170 g/mol. The summed E-state index contributed by atoms with van der Waals surface area (Å²) in [5.41, 5.74) is 0. The van der Waals surface area contributed by atoms with Crippen LogP contribution in [0.25, 0.3) is 0 Å². The summed E-state index contributed by atoms with van der Waals surface area (Å²) >= 11 is 0. The molecule has 37 valence electrons. The molecule has 0 fully saturated rings. The van der Waals surface area contributed by atoms with Crippen molar-refractivity contribution in [1.82, 2.24) is 5.32 Å². The molecule has 0 aromatic rings. The van der Waals surface area contributed by atoms with E-state index in [-0.39, 0.29) is 32.7 Å². The van der Waals surface area contributed by atoms with Crippen molar-refractivity contribution in [3.8, 4) is 0 Å². The van der Waals surface area contributed by atoms with Gasteiger partial charge in [0.2, 0.25) is 0 Å². The molecule has 0 aromatic carbocycles. The molecule has 1 radical (unpaired) electrons. The average Bonchev–Trinajstić information content (AvgIpc) is 1.86. The predicted molar refractivity (Wildman–Crippen MR) is 25.4 cm³/mol. The van der Waals surface area contributed by atoms with Gasteiger partial charge in [-0.3, -0.25) is 12.5 Å². The van der Waals surface area contributed by atoms with E-state index in [1.165, 1.54) is 0 Å². The van der Waals surface area contributed by atoms with E-state index in [0.29, 0.717) is 5.92 Å². The van der Waals surface area contributed by atoms with Crippen LogP contribution in [0.3, 0.4) is 0 Å². The standard InChI is InChI=1S/C5H7N.Y/c1-5-2-3-6-4-5;/h2-6H,1H2;/q-2;. The van der Waals surface area contributed by atoms with E-state index in [9.17, 15) is 0 Å². The molecule has 1 unspecified atom stereocenters. The van der Waals surface area contributed by atoms with Gasteiger partial charge >= 0.3 is 0 Å². The van der Waals surface area contributed by atoms with Crippen LogP contribution in [0.1, 0.15) is 0 Å². The fourth-order valence-electron chi connectivity index (χ4n) is 0.414. The van der Waals surface area contributed by atoms with Crippen LogP contribution in [0.2, 0.25) is 0 Å². The molecule has 7 heavy (non-hydrogen) atoms. The van der Waals surface area contributed by atoms with E-state index >= 15 is 0 Å². The van der Waals surface area contributed by atoms with E-state index in [0.717, 1.165) is 0 Å². The topological polar surface area (TPSA) is 12.0 Å². The molecule has 1 aliphatic heterocycles. The van der Waals surface area contributed by atoms with Crippen LogP contribution in [0.4, 0.5) is 0 Å². The fourth-order valence-corrected chi connectivity index (χ4v) is 0.414. The summed E-state index contributed by atoms with van der Waals surface area (Å²) < 4.78 is 0. The van der Waals surface area contributed by atoms with Gasteiger partial charge in [0.25, 0.3) is 0 Å². The van der Waals surface area contributed by atoms with Crippen LogP contribution in [-0.2, 0) is 32.7 Å². The molecule has 0 amide bonds. The second-order valence-corrected chi connectivity index (χ2v) is 1.36. The molecule has 0 bridgehead atoms. The van der Waals surface area contributed by atoms with Crippen LogP contribution in [0.15, 0.2) is 12.3 Å². The summed E-state index contributed by atoms with van der Waals surface area (Å²) in [5, 5.41) is 2.90. The van der Waals surface area contributed by atoms with E-state index < -0.39 is 0 Å². The zero-order valence-electron chi connectivity index (χ0n) is 4.09. The fraction of sp³-hybridized carbons (Fsp3) is 0.200. The van der Waals surface area contributed by atoms with Crippen LogP contribution in [-0.4, -0.2) is 0 Å². The van der Waals surface area contributed by atoms with Gasteiger partial charge in [0, 0.05) is 32.7 Å². The molecule has 1 N–H and O–H groups in total. The van der Waals surface area contributed by atoms with Gasteiger partial charge < -0.3 is 12.2 Å². The SMILES string of the molecule is [CH2-]C1C=CN[CH-]1.[Y]. The maximum absolute atomic E-state index is 3.73. The molecular weight excluding hydrogens is 163 g/mol. The Morgan fingerprint density at radius 2 is 2.43 bits per heavy atom. The number of rotatable bonds is 0. The van der Waals surface area contributed by atoms with Crippen molar-refractivity contribution in [3.05, 3.63) is 25.7 Å². The molecule has 0 saturated heterocycles. The zero-order valence-corrected chi connectivity index (χ0v) is 6.93. The summed E-state index contributed by atoms with van der Waals surface area (Å²) in [5.74, 6) is 0.380. The zero-order chi connectivity index (χ0) is 4.41. The first-order chi connectivity index (χ1) is 2.89. The van der Waals surface area contributed by atoms with Gasteiger partial charge in [-0.2, -0.15) is 0 Å². The summed E-state index contributed by atoms with van der Waals surface area (Å²) in [4.78, 5) is 0. The van der Waals surface area contributed by atoms with Crippen LogP contribution in [0, 0.1) is 19.4 Å². The van der Waals surface area contributed by atoms with Crippen molar-refractivity contribution in [2.24, 2.45) is 5.92 Å². The van der Waals surface area contributed by atoms with Crippen molar-refractivity contribution >= 4 is 0 Å². The summed E-state index contributed by atoms with van der Waals surface area (Å²) in [7, 11) is 0. The quantitative estimate of drug-likeness (QED) is 0.528. The minimum absolute atomic E-state index is 0. The van der Waals surface area contributed by atoms with Gasteiger partial charge in [-0.15, -0.1) is 6.08 Å². The Labute approximate surface area is 69.4 Å². The number of nitrogens with one attached hydrogen (secondary N) is 1. The Bertz CT molecular complexity index is 70.5. The Morgan fingerprint density at radius 1 is 1.71 bits per heavy atom. The van der Waals surface area contributed by atoms with Gasteiger partial charge in [0.05, 0.1) is 0 Å². The Hall–Kier alpha value is 0.644. The second-order valence-electron chi connectivity index (χ2n) is 1.36. The van der Waals surface area contributed by atoms with E-state index in [1.807, 2.05) is 18.8 Å². The van der Waals surface area contributed by atoms with Crippen LogP contribution in [0.5, 0.6) is 0 Å². The van der Waals surface area contributed by atoms with Crippen molar-refractivity contribution in [2.45, 2.75) is 0 Å². The molecular formula is C5H7NY-2. The molecule has 0 spiro atoms. The minimum atomic E-state index is 0. The van der Waals surface area contributed by atoms with Crippen molar-refractivity contribution in [3.63, 3.8) is 0 Å². The molecule has 1 heterocycles. The van der Waals surface area contributed by atoms with Crippen LogP contribution < -0.4 is 5.32 Å². The number of hydrogen-bond acceptors (Lipinski definition) is 1. The molecule has 0 saturated carbocycles. The molecule has 1 rings (SSSR count). The van der Waals surface area contributed by atoms with Crippen molar-refractivity contribution < 1.29 is 32.7 Å². The third-order valence-corrected chi connectivity index (χ3v) is 0.750. The largest absolute Gasteiger partial charge is 0.543 e. The van der Waals surface area contributed by atoms with Gasteiger partial charge in [0.1, 0.15) is 0 Å². The summed E-state index contributed by atoms with van der Waals surface area (Å²) in [6.07, 6.45) is 3.89. The van der Waals surface area contributed by atoms with Gasteiger partial charge in [-0.1, -0.05) is 0 Å². The summed E-state index contributed by atoms with van der Waals surface area (Å²) in [6, 6.07) is 0.